The third-order valence-electron chi connectivity index (χ3n) is 10.1. The monoisotopic (exact) mass is 580 g/mol. The van der Waals surface area contributed by atoms with E-state index in [0.717, 1.165) is 44.5 Å². The molecule has 0 radical (unpaired) electrons. The first-order valence-corrected chi connectivity index (χ1v) is 15.1. The average molecular weight is 581 g/mol. The summed E-state index contributed by atoms with van der Waals surface area (Å²) in [6.07, 6.45) is 8.29. The number of hydrogen-bond acceptors (Lipinski definition) is 5. The highest BCUT2D eigenvalue weighted by Crippen LogP contribution is 2.42. The Balaban J connectivity index is 1.15. The van der Waals surface area contributed by atoms with Crippen LogP contribution in [0.4, 0.5) is 9.18 Å². The van der Waals surface area contributed by atoms with E-state index in [1.807, 2.05) is 45.0 Å². The smallest absolute Gasteiger partial charge is 0.320 e. The Hall–Kier alpha value is -4.31. The van der Waals surface area contributed by atoms with Crippen LogP contribution >= 0.6 is 0 Å². The lowest BCUT2D eigenvalue weighted by molar-refractivity contribution is -0.119. The molecule has 0 N–H and O–H groups in total. The maximum absolute atomic E-state index is 15.2. The molecule has 220 valence electrons. The Bertz CT molecular complexity index is 1880. The predicted molar refractivity (Wildman–Crippen MR) is 160 cm³/mol. The molecule has 6 heterocycles. The molecular weight excluding hydrogens is 547 g/mol. The fraction of sp³-hybridized carbons (Fsp3) is 0.394. The molecule has 9 nitrogen and oxygen atoms in total. The number of benzene rings is 1. The van der Waals surface area contributed by atoms with Crippen molar-refractivity contribution in [2.45, 2.75) is 38.8 Å². The van der Waals surface area contributed by atoms with Gasteiger partial charge in [0.15, 0.2) is 11.6 Å². The molecule has 8 rings (SSSR count). The summed E-state index contributed by atoms with van der Waals surface area (Å²) in [5, 5.41) is 0.582. The molecule has 1 aromatic carbocycles. The van der Waals surface area contributed by atoms with Crippen LogP contribution in [0.5, 0.6) is 0 Å². The number of fused-ring (bicyclic) bond motifs is 1. The van der Waals surface area contributed by atoms with E-state index in [-0.39, 0.29) is 30.6 Å². The number of amides is 2. The molecule has 0 saturated carbocycles. The van der Waals surface area contributed by atoms with Gasteiger partial charge in [-0.2, -0.15) is 0 Å². The number of aromatic nitrogens is 3. The van der Waals surface area contributed by atoms with Crippen molar-refractivity contribution in [3.63, 3.8) is 0 Å². The third-order valence-corrected chi connectivity index (χ3v) is 10.1. The van der Waals surface area contributed by atoms with Crippen LogP contribution in [0.2, 0.25) is 0 Å². The van der Waals surface area contributed by atoms with Crippen LogP contribution in [0.1, 0.15) is 42.5 Å². The molecule has 10 heteroatoms. The SMILES string of the molecule is CN1CCC2(CCN(C(=O)N3CCn4cc(C5=C(c6cnc7ccccn67)C(=O)CC5=O)c5cc(F)cc(c54)C3)CC2)C1. The number of pyridine rings is 1. The number of halogens is 1. The van der Waals surface area contributed by atoms with Crippen molar-refractivity contribution in [2.75, 3.05) is 39.8 Å². The van der Waals surface area contributed by atoms with Crippen LogP contribution in [-0.2, 0) is 22.7 Å². The zero-order valence-corrected chi connectivity index (χ0v) is 24.2. The van der Waals surface area contributed by atoms with Crippen LogP contribution in [0.3, 0.4) is 0 Å². The van der Waals surface area contributed by atoms with Gasteiger partial charge in [0.2, 0.25) is 0 Å². The molecule has 1 aliphatic carbocycles. The minimum absolute atomic E-state index is 0.00115. The summed E-state index contributed by atoms with van der Waals surface area (Å²) in [6.45, 7) is 4.96. The van der Waals surface area contributed by atoms with E-state index in [0.29, 0.717) is 57.5 Å². The first-order chi connectivity index (χ1) is 20.8. The van der Waals surface area contributed by atoms with Gasteiger partial charge < -0.3 is 19.3 Å². The van der Waals surface area contributed by atoms with Gasteiger partial charge in [-0.25, -0.2) is 14.2 Å². The largest absolute Gasteiger partial charge is 0.345 e. The van der Waals surface area contributed by atoms with E-state index in [2.05, 4.69) is 16.9 Å². The number of nitrogens with zero attached hydrogens (tertiary/aromatic N) is 6. The zero-order chi connectivity index (χ0) is 29.5. The molecule has 4 aromatic rings. The number of allylic oxidation sites excluding steroid dienone is 2. The van der Waals surface area contributed by atoms with Gasteiger partial charge >= 0.3 is 6.03 Å². The second kappa shape index (κ2) is 9.60. The van der Waals surface area contributed by atoms with Crippen molar-refractivity contribution in [1.29, 1.82) is 0 Å². The number of ketones is 2. The highest BCUT2D eigenvalue weighted by atomic mass is 19.1. The standard InChI is InChI=1S/C33H33FN6O3/c1-36-9-5-33(20-36)6-10-37(11-7-33)32(43)39-13-12-38-19-24(23-15-22(34)14-21(18-39)31(23)38)29-26(41)16-27(42)30(29)25-17-35-28-4-2-3-8-40(25)28/h2-4,8,14-15,17,19H,5-7,9-13,16,18,20H2,1H3. The van der Waals surface area contributed by atoms with Crippen molar-refractivity contribution in [2.24, 2.45) is 5.41 Å². The summed E-state index contributed by atoms with van der Waals surface area (Å²) in [5.74, 6) is -0.977. The number of carbonyl (C=O) groups is 3. The fourth-order valence-electron chi connectivity index (χ4n) is 7.88. The van der Waals surface area contributed by atoms with Crippen molar-refractivity contribution < 1.29 is 18.8 Å². The van der Waals surface area contributed by atoms with Gasteiger partial charge in [-0.3, -0.25) is 14.0 Å². The van der Waals surface area contributed by atoms with E-state index in [4.69, 9.17) is 0 Å². The van der Waals surface area contributed by atoms with E-state index in [1.54, 1.807) is 10.6 Å². The second-order valence-corrected chi connectivity index (χ2v) is 12.7. The number of rotatable bonds is 2. The number of urea groups is 1. The highest BCUT2D eigenvalue weighted by Gasteiger charge is 2.41. The summed E-state index contributed by atoms with van der Waals surface area (Å²) in [5.41, 5.74) is 4.23. The first kappa shape index (κ1) is 26.3. The lowest BCUT2D eigenvalue weighted by Gasteiger charge is -2.41. The Kier molecular flexibility index (Phi) is 5.88. The third kappa shape index (κ3) is 4.14. The van der Waals surface area contributed by atoms with Crippen LogP contribution in [0.15, 0.2) is 48.9 Å². The van der Waals surface area contributed by atoms with Crippen LogP contribution < -0.4 is 0 Å². The lowest BCUT2D eigenvalue weighted by atomic mass is 9.78. The summed E-state index contributed by atoms with van der Waals surface area (Å²) in [6, 6.07) is 8.49. The van der Waals surface area contributed by atoms with Crippen LogP contribution in [-0.4, -0.2) is 86.0 Å². The van der Waals surface area contributed by atoms with E-state index in [1.165, 1.54) is 18.6 Å². The molecule has 43 heavy (non-hydrogen) atoms. The van der Waals surface area contributed by atoms with Crippen LogP contribution in [0.25, 0.3) is 27.7 Å². The Morgan fingerprint density at radius 1 is 0.953 bits per heavy atom. The molecule has 3 aliphatic heterocycles. The summed E-state index contributed by atoms with van der Waals surface area (Å²) in [4.78, 5) is 50.9. The van der Waals surface area contributed by atoms with Crippen molar-refractivity contribution in [3.8, 4) is 0 Å². The van der Waals surface area contributed by atoms with Crippen LogP contribution in [0, 0.1) is 11.2 Å². The molecule has 4 aliphatic rings. The molecule has 2 saturated heterocycles. The Morgan fingerprint density at radius 2 is 1.74 bits per heavy atom. The number of carbonyl (C=O) groups excluding carboxylic acids is 3. The quantitative estimate of drug-likeness (QED) is 0.332. The number of Topliss-reactive ketones (excluding diaryl/α,β-unsaturated/α-hetero) is 2. The maximum Gasteiger partial charge on any atom is 0.320 e. The highest BCUT2D eigenvalue weighted by molar-refractivity contribution is 6.51. The molecule has 1 spiro atoms. The summed E-state index contributed by atoms with van der Waals surface area (Å²) >= 11 is 0. The number of imidazole rings is 1. The number of likely N-dealkylation sites (tertiary alicyclic amines) is 2. The second-order valence-electron chi connectivity index (χ2n) is 12.7. The van der Waals surface area contributed by atoms with Crippen molar-refractivity contribution >= 4 is 45.3 Å². The zero-order valence-electron chi connectivity index (χ0n) is 24.2. The van der Waals surface area contributed by atoms with Gasteiger partial charge in [-0.05, 0) is 68.1 Å². The van der Waals surface area contributed by atoms with E-state index in [9.17, 15) is 14.4 Å². The van der Waals surface area contributed by atoms with Crippen molar-refractivity contribution in [1.82, 2.24) is 28.7 Å². The van der Waals surface area contributed by atoms with E-state index >= 15 is 4.39 Å². The number of piperidine rings is 1. The first-order valence-electron chi connectivity index (χ1n) is 15.1. The minimum atomic E-state index is -0.435. The lowest BCUT2D eigenvalue weighted by Crippen LogP contribution is -2.49. The molecule has 3 aromatic heterocycles. The summed E-state index contributed by atoms with van der Waals surface area (Å²) in [7, 11) is 2.17. The van der Waals surface area contributed by atoms with Gasteiger partial charge in [0.05, 0.1) is 29.4 Å². The number of hydrogen-bond donors (Lipinski definition) is 0. The molecule has 0 atom stereocenters. The maximum atomic E-state index is 15.2. The van der Waals surface area contributed by atoms with Gasteiger partial charge in [0.1, 0.15) is 11.5 Å². The summed E-state index contributed by atoms with van der Waals surface area (Å²) < 4.78 is 19.1. The topological polar surface area (TPSA) is 83.2 Å². The average Bonchev–Trinajstić information content (AvgIpc) is 3.71. The molecule has 0 unspecified atom stereocenters. The van der Waals surface area contributed by atoms with Gasteiger partial charge in [-0.15, -0.1) is 0 Å². The van der Waals surface area contributed by atoms with Crippen molar-refractivity contribution in [3.05, 3.63) is 71.6 Å². The Morgan fingerprint density at radius 3 is 2.53 bits per heavy atom. The molecule has 2 fully saturated rings. The normalized spacial score (nSPS) is 20.8. The van der Waals surface area contributed by atoms with E-state index < -0.39 is 5.82 Å². The molecule has 2 amide bonds. The minimum Gasteiger partial charge on any atom is -0.345 e. The Labute approximate surface area is 248 Å². The molecular formula is C33H33FN6O3. The van der Waals surface area contributed by atoms with Gasteiger partial charge in [0.25, 0.3) is 0 Å². The fourth-order valence-corrected chi connectivity index (χ4v) is 7.88. The van der Waals surface area contributed by atoms with Gasteiger partial charge in [0, 0.05) is 68.2 Å². The predicted octanol–water partition coefficient (Wildman–Crippen LogP) is 4.23. The van der Waals surface area contributed by atoms with Gasteiger partial charge in [-0.1, -0.05) is 6.07 Å². The molecule has 0 bridgehead atoms.